The van der Waals surface area contributed by atoms with Gasteiger partial charge in [-0.25, -0.2) is 9.18 Å². The first kappa shape index (κ1) is 10.9. The highest BCUT2D eigenvalue weighted by atomic mass is 19.1. The van der Waals surface area contributed by atoms with Gasteiger partial charge >= 0.3 is 11.7 Å². The van der Waals surface area contributed by atoms with Crippen molar-refractivity contribution in [2.45, 2.75) is 0 Å². The Morgan fingerprint density at radius 1 is 1.60 bits per heavy atom. The number of nitrogen functional groups attached to an aromatic ring is 1. The molecule has 6 nitrogen and oxygen atoms in total. The second kappa shape index (κ2) is 3.91. The number of carbonyl (C=O) groups excluding carboxylic acids is 1. The molecule has 0 saturated heterocycles. The second-order valence-corrected chi connectivity index (χ2v) is 2.61. The van der Waals surface area contributed by atoms with Gasteiger partial charge < -0.3 is 10.5 Å². The third-order valence-corrected chi connectivity index (χ3v) is 1.75. The van der Waals surface area contributed by atoms with E-state index in [0.29, 0.717) is 0 Å². The van der Waals surface area contributed by atoms with Crippen molar-refractivity contribution in [1.82, 2.24) is 0 Å². The summed E-state index contributed by atoms with van der Waals surface area (Å²) in [7, 11) is 1.06. The zero-order valence-corrected chi connectivity index (χ0v) is 7.69. The number of rotatable bonds is 2. The molecule has 0 saturated carbocycles. The van der Waals surface area contributed by atoms with Crippen LogP contribution in [0.2, 0.25) is 0 Å². The second-order valence-electron chi connectivity index (χ2n) is 2.61. The molecule has 0 aliphatic rings. The Hall–Kier alpha value is -2.18. The quantitative estimate of drug-likeness (QED) is 0.344. The topological polar surface area (TPSA) is 95.5 Å². The summed E-state index contributed by atoms with van der Waals surface area (Å²) in [6, 6.07) is 1.82. The number of hydrogen-bond donors (Lipinski definition) is 1. The zero-order valence-electron chi connectivity index (χ0n) is 7.69. The molecule has 0 unspecified atom stereocenters. The maximum atomic E-state index is 12.9. The van der Waals surface area contributed by atoms with Crippen LogP contribution in [-0.2, 0) is 4.74 Å². The van der Waals surface area contributed by atoms with Crippen LogP contribution in [0.3, 0.4) is 0 Å². The van der Waals surface area contributed by atoms with E-state index in [-0.39, 0.29) is 5.56 Å². The molecule has 0 amide bonds. The molecule has 0 radical (unpaired) electrons. The van der Waals surface area contributed by atoms with Gasteiger partial charge in [0.1, 0.15) is 11.3 Å². The van der Waals surface area contributed by atoms with E-state index in [1.807, 2.05) is 0 Å². The fourth-order valence-electron chi connectivity index (χ4n) is 1.05. The van der Waals surface area contributed by atoms with E-state index in [4.69, 9.17) is 5.73 Å². The molecular formula is C8H7FN2O4. The van der Waals surface area contributed by atoms with Crippen LogP contribution < -0.4 is 5.73 Å². The molecule has 0 bridgehead atoms. The summed E-state index contributed by atoms with van der Waals surface area (Å²) < 4.78 is 17.2. The molecular weight excluding hydrogens is 207 g/mol. The molecule has 0 heterocycles. The first-order valence-corrected chi connectivity index (χ1v) is 3.79. The molecule has 0 fully saturated rings. The number of hydrogen-bond acceptors (Lipinski definition) is 5. The van der Waals surface area contributed by atoms with E-state index in [1.165, 1.54) is 0 Å². The van der Waals surface area contributed by atoms with E-state index in [2.05, 4.69) is 4.74 Å². The van der Waals surface area contributed by atoms with Crippen LogP contribution in [0.4, 0.5) is 15.8 Å². The summed E-state index contributed by atoms with van der Waals surface area (Å²) in [5, 5.41) is 10.6. The molecule has 0 aliphatic carbocycles. The van der Waals surface area contributed by atoms with Crippen LogP contribution in [0, 0.1) is 15.9 Å². The van der Waals surface area contributed by atoms with Crippen molar-refractivity contribution in [3.8, 4) is 0 Å². The molecule has 80 valence electrons. The number of nitrogens with zero attached hydrogens (tertiary/aromatic N) is 1. The van der Waals surface area contributed by atoms with Crippen LogP contribution in [-0.4, -0.2) is 18.0 Å². The standard InChI is InChI=1S/C8H7FN2O4/c1-15-8(12)4-2-3-5(9)6(10)7(4)11(13)14/h2-3H,10H2,1H3. The minimum atomic E-state index is -0.950. The van der Waals surface area contributed by atoms with E-state index >= 15 is 0 Å². The summed E-state index contributed by atoms with van der Waals surface area (Å²) in [5.41, 5.74) is 3.32. The Labute approximate surface area is 83.6 Å². The molecule has 1 aromatic carbocycles. The lowest BCUT2D eigenvalue weighted by molar-refractivity contribution is -0.384. The van der Waals surface area contributed by atoms with Crippen LogP contribution in [0.15, 0.2) is 12.1 Å². The van der Waals surface area contributed by atoms with E-state index in [9.17, 15) is 19.3 Å². The van der Waals surface area contributed by atoms with Crippen molar-refractivity contribution in [2.24, 2.45) is 0 Å². The molecule has 0 atom stereocenters. The largest absolute Gasteiger partial charge is 0.465 e. The highest BCUT2D eigenvalue weighted by Gasteiger charge is 2.26. The van der Waals surface area contributed by atoms with Crippen LogP contribution >= 0.6 is 0 Å². The number of halogens is 1. The number of ether oxygens (including phenoxy) is 1. The van der Waals surface area contributed by atoms with E-state index in [1.54, 1.807) is 0 Å². The molecule has 2 N–H and O–H groups in total. The Morgan fingerprint density at radius 2 is 2.20 bits per heavy atom. The van der Waals surface area contributed by atoms with Crippen LogP contribution in [0.1, 0.15) is 10.4 Å². The van der Waals surface area contributed by atoms with Crippen molar-refractivity contribution in [2.75, 3.05) is 12.8 Å². The predicted molar refractivity (Wildman–Crippen MR) is 48.8 cm³/mol. The van der Waals surface area contributed by atoms with Gasteiger partial charge in [0.25, 0.3) is 0 Å². The number of anilines is 1. The minimum Gasteiger partial charge on any atom is -0.465 e. The average molecular weight is 214 g/mol. The number of nitro benzene ring substituents is 1. The van der Waals surface area contributed by atoms with Gasteiger partial charge in [-0.1, -0.05) is 0 Å². The van der Waals surface area contributed by atoms with Crippen LogP contribution in [0.25, 0.3) is 0 Å². The van der Waals surface area contributed by atoms with Gasteiger partial charge in [-0.3, -0.25) is 10.1 Å². The predicted octanol–water partition coefficient (Wildman–Crippen LogP) is 1.10. The Morgan fingerprint density at radius 3 is 2.67 bits per heavy atom. The number of benzene rings is 1. The molecule has 15 heavy (non-hydrogen) atoms. The van der Waals surface area contributed by atoms with Gasteiger partial charge in [-0.2, -0.15) is 0 Å². The Kier molecular flexibility index (Phi) is 2.84. The summed E-state index contributed by atoms with van der Waals surface area (Å²) in [6.07, 6.45) is 0. The summed E-state index contributed by atoms with van der Waals surface area (Å²) >= 11 is 0. The molecule has 0 aromatic heterocycles. The molecule has 0 aliphatic heterocycles. The van der Waals surface area contributed by atoms with Gasteiger partial charge in [0.05, 0.1) is 12.0 Å². The number of nitro groups is 1. The summed E-state index contributed by atoms with van der Waals surface area (Å²) in [6.45, 7) is 0. The molecule has 0 spiro atoms. The van der Waals surface area contributed by atoms with Gasteiger partial charge in [0.2, 0.25) is 0 Å². The lowest BCUT2D eigenvalue weighted by atomic mass is 10.1. The van der Waals surface area contributed by atoms with E-state index in [0.717, 1.165) is 19.2 Å². The highest BCUT2D eigenvalue weighted by molar-refractivity contribution is 5.96. The average Bonchev–Trinajstić information content (AvgIpc) is 2.20. The third kappa shape index (κ3) is 1.85. The third-order valence-electron chi connectivity index (χ3n) is 1.75. The maximum absolute atomic E-state index is 12.9. The fraction of sp³-hybridized carbons (Fsp3) is 0.125. The maximum Gasteiger partial charge on any atom is 0.344 e. The zero-order chi connectivity index (χ0) is 11.6. The first-order chi connectivity index (χ1) is 6.99. The fourth-order valence-corrected chi connectivity index (χ4v) is 1.05. The van der Waals surface area contributed by atoms with Gasteiger partial charge in [0, 0.05) is 0 Å². The minimum absolute atomic E-state index is 0.374. The normalized spacial score (nSPS) is 9.73. The Bertz CT molecular complexity index is 433. The highest BCUT2D eigenvalue weighted by Crippen LogP contribution is 2.28. The SMILES string of the molecule is COC(=O)c1ccc(F)c(N)c1[N+](=O)[O-]. The monoisotopic (exact) mass is 214 g/mol. The Balaban J connectivity index is 3.46. The summed E-state index contributed by atoms with van der Waals surface area (Å²) in [5.74, 6) is -1.89. The number of methoxy groups -OCH3 is 1. The van der Waals surface area contributed by atoms with Gasteiger partial charge in [-0.15, -0.1) is 0 Å². The number of nitrogens with two attached hydrogens (primary N) is 1. The smallest absolute Gasteiger partial charge is 0.344 e. The van der Waals surface area contributed by atoms with Crippen molar-refractivity contribution < 1.29 is 18.8 Å². The molecule has 1 rings (SSSR count). The first-order valence-electron chi connectivity index (χ1n) is 3.79. The summed E-state index contributed by atoms with van der Waals surface area (Å²) in [4.78, 5) is 20.7. The van der Waals surface area contributed by atoms with Gasteiger partial charge in [-0.05, 0) is 12.1 Å². The van der Waals surface area contributed by atoms with Crippen molar-refractivity contribution >= 4 is 17.3 Å². The number of esters is 1. The van der Waals surface area contributed by atoms with Crippen molar-refractivity contribution in [1.29, 1.82) is 0 Å². The molecule has 7 heteroatoms. The van der Waals surface area contributed by atoms with E-state index < -0.39 is 28.1 Å². The van der Waals surface area contributed by atoms with Crippen molar-refractivity contribution in [3.63, 3.8) is 0 Å². The molecule has 1 aromatic rings. The lowest BCUT2D eigenvalue weighted by Crippen LogP contribution is -2.09. The van der Waals surface area contributed by atoms with Gasteiger partial charge in [0.15, 0.2) is 5.82 Å². The lowest BCUT2D eigenvalue weighted by Gasteiger charge is -2.03. The number of carbonyl (C=O) groups is 1. The van der Waals surface area contributed by atoms with Crippen molar-refractivity contribution in [3.05, 3.63) is 33.6 Å². The van der Waals surface area contributed by atoms with Crippen LogP contribution in [0.5, 0.6) is 0 Å².